The number of carbonyl (C=O) groups is 3. The summed E-state index contributed by atoms with van der Waals surface area (Å²) in [7, 11) is 0. The zero-order chi connectivity index (χ0) is 21.8. The van der Waals surface area contributed by atoms with Crippen molar-refractivity contribution in [2.45, 2.75) is 31.1 Å². The summed E-state index contributed by atoms with van der Waals surface area (Å²) < 4.78 is 1.82. The molecule has 2 aromatic heterocycles. The Bertz CT molecular complexity index is 907. The van der Waals surface area contributed by atoms with Crippen molar-refractivity contribution >= 4 is 23.5 Å². The first-order valence-electron chi connectivity index (χ1n) is 9.40. The number of hydrogen-bond donors (Lipinski definition) is 5. The van der Waals surface area contributed by atoms with Crippen LogP contribution in [0.25, 0.3) is 5.65 Å². The highest BCUT2D eigenvalue weighted by Crippen LogP contribution is 2.27. The molecule has 0 saturated carbocycles. The highest BCUT2D eigenvalue weighted by Gasteiger charge is 2.35. The molecule has 5 rings (SSSR count). The smallest absolute Gasteiger partial charge is 0.335 e. The van der Waals surface area contributed by atoms with Crippen LogP contribution in [0.15, 0.2) is 24.8 Å². The minimum Gasteiger partial charge on any atom is -0.479 e. The Morgan fingerprint density at radius 1 is 1.07 bits per heavy atom. The number of nitrogens with one attached hydrogen (secondary N) is 1. The third-order valence-corrected chi connectivity index (χ3v) is 5.29. The summed E-state index contributed by atoms with van der Waals surface area (Å²) in [6.07, 6.45) is 4.74. The molecule has 0 radical (unpaired) electrons. The average Bonchev–Trinajstić information content (AvgIpc) is 3.21. The maximum Gasteiger partial charge on any atom is 0.335 e. The predicted octanol–water partition coefficient (Wildman–Crippen LogP) is -1.57. The van der Waals surface area contributed by atoms with Crippen LogP contribution >= 0.6 is 0 Å². The van der Waals surface area contributed by atoms with Crippen LogP contribution < -0.4 is 5.32 Å². The number of amides is 1. The molecule has 3 aliphatic rings. The SMILES string of the molecule is O=C(N[C@H]1CN2CCC1CC2)c1cn2ccnc2cn1.O=C(O)C(O)C(O)C(=O)O. The van der Waals surface area contributed by atoms with Gasteiger partial charge in [-0.05, 0) is 31.8 Å². The van der Waals surface area contributed by atoms with E-state index in [0.717, 1.165) is 12.2 Å². The lowest BCUT2D eigenvalue weighted by Gasteiger charge is -2.44. The van der Waals surface area contributed by atoms with Crippen LogP contribution in [0.2, 0.25) is 0 Å². The van der Waals surface area contributed by atoms with E-state index in [1.165, 1.54) is 25.9 Å². The van der Waals surface area contributed by atoms with E-state index < -0.39 is 24.1 Å². The minimum absolute atomic E-state index is 0.0839. The molecule has 3 saturated heterocycles. The first-order valence-corrected chi connectivity index (χ1v) is 9.40. The Kier molecular flexibility index (Phi) is 6.59. The zero-order valence-corrected chi connectivity index (χ0v) is 16.0. The number of piperidine rings is 3. The van der Waals surface area contributed by atoms with Crippen LogP contribution in [0.3, 0.4) is 0 Å². The molecule has 5 heterocycles. The van der Waals surface area contributed by atoms with Crippen LogP contribution in [-0.2, 0) is 9.59 Å². The summed E-state index contributed by atoms with van der Waals surface area (Å²) >= 11 is 0. The lowest BCUT2D eigenvalue weighted by atomic mass is 9.84. The van der Waals surface area contributed by atoms with Gasteiger partial charge in [0.25, 0.3) is 5.91 Å². The van der Waals surface area contributed by atoms with E-state index in [2.05, 4.69) is 20.2 Å². The third kappa shape index (κ3) is 4.90. The van der Waals surface area contributed by atoms with Crippen LogP contribution in [0.1, 0.15) is 23.3 Å². The van der Waals surface area contributed by atoms with Crippen LogP contribution in [-0.4, -0.2) is 95.4 Å². The van der Waals surface area contributed by atoms with Crippen molar-refractivity contribution in [3.63, 3.8) is 0 Å². The van der Waals surface area contributed by atoms with Crippen molar-refractivity contribution in [3.8, 4) is 0 Å². The summed E-state index contributed by atoms with van der Waals surface area (Å²) in [5, 5.41) is 35.7. The topological polar surface area (TPSA) is 178 Å². The number of rotatable bonds is 5. The fourth-order valence-electron chi connectivity index (χ4n) is 3.58. The molecule has 2 bridgehead atoms. The number of imidazole rings is 1. The van der Waals surface area contributed by atoms with Gasteiger partial charge in [-0.2, -0.15) is 0 Å². The van der Waals surface area contributed by atoms with Crippen LogP contribution in [0, 0.1) is 5.92 Å². The van der Waals surface area contributed by atoms with Crippen molar-refractivity contribution in [1.82, 2.24) is 24.6 Å². The van der Waals surface area contributed by atoms with Gasteiger partial charge in [0, 0.05) is 31.2 Å². The van der Waals surface area contributed by atoms with Crippen LogP contribution in [0.5, 0.6) is 0 Å². The molecule has 3 aliphatic heterocycles. The first kappa shape index (κ1) is 21.6. The largest absolute Gasteiger partial charge is 0.479 e. The Hall–Kier alpha value is -3.09. The normalized spacial score (nSPS) is 24.4. The van der Waals surface area contributed by atoms with Crippen molar-refractivity contribution < 1.29 is 34.8 Å². The minimum atomic E-state index is -2.27. The average molecular weight is 421 g/mol. The number of nitrogens with zero attached hydrogens (tertiary/aromatic N) is 4. The molecule has 12 heteroatoms. The van der Waals surface area contributed by atoms with E-state index in [9.17, 15) is 14.4 Å². The monoisotopic (exact) mass is 421 g/mol. The molecule has 12 nitrogen and oxygen atoms in total. The van der Waals surface area contributed by atoms with Gasteiger partial charge in [-0.1, -0.05) is 0 Å². The van der Waals surface area contributed by atoms with Gasteiger partial charge in [0.2, 0.25) is 0 Å². The second-order valence-electron chi connectivity index (χ2n) is 7.25. The molecule has 5 N–H and O–H groups in total. The van der Waals surface area contributed by atoms with E-state index in [1.807, 2.05) is 10.6 Å². The maximum absolute atomic E-state index is 12.3. The number of fused-ring (bicyclic) bond motifs is 4. The van der Waals surface area contributed by atoms with E-state index in [1.54, 1.807) is 18.6 Å². The Morgan fingerprint density at radius 2 is 1.70 bits per heavy atom. The van der Waals surface area contributed by atoms with Gasteiger partial charge in [-0.3, -0.25) is 4.79 Å². The lowest BCUT2D eigenvalue weighted by Crippen LogP contribution is -2.57. The van der Waals surface area contributed by atoms with E-state index in [4.69, 9.17) is 20.4 Å². The molecule has 0 spiro atoms. The fraction of sp³-hybridized carbons (Fsp3) is 0.500. The van der Waals surface area contributed by atoms with Crippen molar-refractivity contribution in [1.29, 1.82) is 0 Å². The number of aliphatic hydroxyl groups excluding tert-OH is 2. The van der Waals surface area contributed by atoms with Gasteiger partial charge in [0.1, 0.15) is 5.69 Å². The summed E-state index contributed by atoms with van der Waals surface area (Å²) in [5.41, 5.74) is 1.20. The third-order valence-electron chi connectivity index (χ3n) is 5.29. The number of aliphatic carboxylic acids is 2. The van der Waals surface area contributed by atoms with Gasteiger partial charge in [0.05, 0.1) is 6.20 Å². The molecule has 162 valence electrons. The lowest BCUT2D eigenvalue weighted by molar-refractivity contribution is -0.165. The second-order valence-corrected chi connectivity index (χ2v) is 7.25. The standard InChI is InChI=1S/C14H17N5O.C4H6O6/c20-14(12-9-19-6-3-15-13(19)7-16-12)17-11-8-18-4-1-10(11)2-5-18;5-1(3(7)8)2(6)4(9)10/h3,6-7,9-11H,1-2,4-5,8H2,(H,17,20);1-2,5-6H,(H,7,8)(H,9,10)/t11-;/m0./s1. The Balaban J connectivity index is 0.000000220. The molecule has 2 unspecified atom stereocenters. The molecule has 3 atom stereocenters. The molecule has 3 fully saturated rings. The Labute approximate surface area is 170 Å². The molecular weight excluding hydrogens is 398 g/mol. The molecular formula is C18H23N5O7. The number of aliphatic hydroxyl groups is 2. The highest BCUT2D eigenvalue weighted by atomic mass is 16.4. The van der Waals surface area contributed by atoms with Gasteiger partial charge >= 0.3 is 11.9 Å². The number of carboxylic acid groups (broad SMARTS) is 2. The van der Waals surface area contributed by atoms with Gasteiger partial charge in [0.15, 0.2) is 17.9 Å². The van der Waals surface area contributed by atoms with E-state index in [-0.39, 0.29) is 11.9 Å². The van der Waals surface area contributed by atoms with E-state index in [0.29, 0.717) is 11.6 Å². The fourth-order valence-corrected chi connectivity index (χ4v) is 3.58. The number of aromatic nitrogens is 3. The maximum atomic E-state index is 12.3. The molecule has 30 heavy (non-hydrogen) atoms. The van der Waals surface area contributed by atoms with Crippen molar-refractivity contribution in [2.24, 2.45) is 5.92 Å². The van der Waals surface area contributed by atoms with Crippen LogP contribution in [0.4, 0.5) is 0 Å². The van der Waals surface area contributed by atoms with Gasteiger partial charge < -0.3 is 35.0 Å². The van der Waals surface area contributed by atoms with Gasteiger partial charge in [-0.25, -0.2) is 19.6 Å². The molecule has 0 aromatic carbocycles. The first-order chi connectivity index (χ1) is 14.3. The quantitative estimate of drug-likeness (QED) is 0.379. The second kappa shape index (κ2) is 9.15. The summed E-state index contributed by atoms with van der Waals surface area (Å²) in [6.45, 7) is 3.33. The summed E-state index contributed by atoms with van der Waals surface area (Å²) in [6, 6.07) is 0.269. The van der Waals surface area contributed by atoms with Crippen molar-refractivity contribution in [2.75, 3.05) is 19.6 Å². The van der Waals surface area contributed by atoms with Gasteiger partial charge in [-0.15, -0.1) is 0 Å². The molecule has 0 aliphatic carbocycles. The molecule has 2 aromatic rings. The predicted molar refractivity (Wildman–Crippen MR) is 101 cm³/mol. The number of carboxylic acids is 2. The van der Waals surface area contributed by atoms with Crippen molar-refractivity contribution in [3.05, 3.63) is 30.5 Å². The summed E-state index contributed by atoms with van der Waals surface area (Å²) in [5.74, 6) is -3.00. The zero-order valence-electron chi connectivity index (χ0n) is 16.0. The van der Waals surface area contributed by atoms with E-state index >= 15 is 0 Å². The summed E-state index contributed by atoms with van der Waals surface area (Å²) in [4.78, 5) is 42.6. The molecule has 1 amide bonds. The highest BCUT2D eigenvalue weighted by molar-refractivity contribution is 5.92. The number of carbonyl (C=O) groups excluding carboxylic acids is 1. The Morgan fingerprint density at radius 3 is 2.23 bits per heavy atom. The number of hydrogen-bond acceptors (Lipinski definition) is 8.